The zero-order valence-corrected chi connectivity index (χ0v) is 13.0. The summed E-state index contributed by atoms with van der Waals surface area (Å²) in [4.78, 5) is 24.8. The molecule has 1 aliphatic heterocycles. The SMILES string of the molecule is C[PH](=S)OC[C@@H]1CCC(=O)N1C(=O)OC(C)(C)C. The molecule has 1 heterocycles. The summed E-state index contributed by atoms with van der Waals surface area (Å²) >= 11 is 4.99. The summed E-state index contributed by atoms with van der Waals surface area (Å²) in [5, 5.41) is 0. The summed E-state index contributed by atoms with van der Waals surface area (Å²) in [6.45, 7) is 6.25. The Labute approximate surface area is 113 Å². The second-order valence-electron chi connectivity index (χ2n) is 5.24. The van der Waals surface area contributed by atoms with E-state index in [1.807, 2.05) is 6.66 Å². The van der Waals surface area contributed by atoms with Gasteiger partial charge in [-0.1, -0.05) is 11.8 Å². The summed E-state index contributed by atoms with van der Waals surface area (Å²) in [5.74, 6) is -0.202. The van der Waals surface area contributed by atoms with Gasteiger partial charge in [-0.2, -0.15) is 0 Å². The van der Waals surface area contributed by atoms with Gasteiger partial charge in [0.05, 0.1) is 19.6 Å². The van der Waals surface area contributed by atoms with Crippen LogP contribution in [0.1, 0.15) is 33.6 Å². The largest absolute Gasteiger partial charge is 0.443 e. The van der Waals surface area contributed by atoms with Crippen LogP contribution in [0.4, 0.5) is 4.79 Å². The molecule has 0 aromatic rings. The van der Waals surface area contributed by atoms with Crippen molar-refractivity contribution in [3.05, 3.63) is 0 Å². The van der Waals surface area contributed by atoms with Gasteiger partial charge in [0.1, 0.15) is 5.60 Å². The number of carbonyl (C=O) groups is 2. The Kier molecular flexibility index (Phi) is 5.32. The quantitative estimate of drug-likeness (QED) is 0.746. The molecule has 0 aromatic heterocycles. The van der Waals surface area contributed by atoms with Crippen molar-refractivity contribution in [3.8, 4) is 0 Å². The Hall–Kier alpha value is -0.450. The molecule has 0 bridgehead atoms. The van der Waals surface area contributed by atoms with E-state index < -0.39 is 18.6 Å². The third-order valence-corrected chi connectivity index (χ3v) is 3.32. The highest BCUT2D eigenvalue weighted by atomic mass is 32.4. The predicted octanol–water partition coefficient (Wildman–Crippen LogP) is 2.15. The maximum Gasteiger partial charge on any atom is 0.417 e. The molecule has 0 radical (unpaired) electrons. The molecule has 2 amide bonds. The van der Waals surface area contributed by atoms with Crippen molar-refractivity contribution >= 4 is 30.7 Å². The molecule has 1 rings (SSSR count). The molecule has 1 fully saturated rings. The Morgan fingerprint density at radius 1 is 1.56 bits per heavy atom. The average molecular weight is 293 g/mol. The fraction of sp³-hybridized carbons (Fsp3) is 0.818. The van der Waals surface area contributed by atoms with Gasteiger partial charge in [-0.3, -0.25) is 4.79 Å². The number of rotatable bonds is 3. The van der Waals surface area contributed by atoms with E-state index in [4.69, 9.17) is 21.1 Å². The predicted molar refractivity (Wildman–Crippen MR) is 73.7 cm³/mol. The molecule has 1 saturated heterocycles. The first-order valence-corrected chi connectivity index (χ1v) is 8.93. The molecule has 104 valence electrons. The third-order valence-electron chi connectivity index (χ3n) is 2.39. The van der Waals surface area contributed by atoms with Gasteiger partial charge in [-0.05, 0) is 33.9 Å². The number of imide groups is 1. The van der Waals surface area contributed by atoms with Crippen LogP contribution >= 0.6 is 6.92 Å². The number of amides is 2. The maximum absolute atomic E-state index is 11.9. The van der Waals surface area contributed by atoms with Crippen LogP contribution in [0.5, 0.6) is 0 Å². The smallest absolute Gasteiger partial charge is 0.417 e. The van der Waals surface area contributed by atoms with Gasteiger partial charge in [0.25, 0.3) is 0 Å². The van der Waals surface area contributed by atoms with Gasteiger partial charge in [0.2, 0.25) is 5.91 Å². The first-order valence-electron chi connectivity index (χ1n) is 5.89. The van der Waals surface area contributed by atoms with E-state index >= 15 is 0 Å². The fourth-order valence-electron chi connectivity index (χ4n) is 1.68. The lowest BCUT2D eigenvalue weighted by molar-refractivity contribution is -0.128. The molecule has 0 aromatic carbocycles. The summed E-state index contributed by atoms with van der Waals surface area (Å²) in [6.07, 6.45) is 0.381. The topological polar surface area (TPSA) is 55.8 Å². The minimum atomic E-state index is -1.23. The maximum atomic E-state index is 11.9. The van der Waals surface area contributed by atoms with Crippen LogP contribution in [0.2, 0.25) is 0 Å². The lowest BCUT2D eigenvalue weighted by atomic mass is 10.2. The summed E-state index contributed by atoms with van der Waals surface area (Å²) in [6, 6.07) is -0.241. The van der Waals surface area contributed by atoms with Gasteiger partial charge in [-0.15, -0.1) is 0 Å². The van der Waals surface area contributed by atoms with Crippen molar-refractivity contribution in [2.45, 2.75) is 45.3 Å². The van der Waals surface area contributed by atoms with Crippen molar-refractivity contribution < 1.29 is 18.8 Å². The second kappa shape index (κ2) is 6.13. The molecular weight excluding hydrogens is 273 g/mol. The normalized spacial score (nSPS) is 22.1. The van der Waals surface area contributed by atoms with E-state index in [0.29, 0.717) is 19.4 Å². The van der Waals surface area contributed by atoms with Crippen molar-refractivity contribution in [1.82, 2.24) is 4.90 Å². The van der Waals surface area contributed by atoms with Crippen LogP contribution in [0.3, 0.4) is 0 Å². The van der Waals surface area contributed by atoms with Crippen molar-refractivity contribution in [2.75, 3.05) is 13.3 Å². The monoisotopic (exact) mass is 293 g/mol. The lowest BCUT2D eigenvalue weighted by Crippen LogP contribution is -2.43. The van der Waals surface area contributed by atoms with E-state index in [9.17, 15) is 9.59 Å². The van der Waals surface area contributed by atoms with Gasteiger partial charge in [-0.25, -0.2) is 9.69 Å². The highest BCUT2D eigenvalue weighted by Crippen LogP contribution is 2.25. The van der Waals surface area contributed by atoms with Crippen molar-refractivity contribution in [1.29, 1.82) is 0 Å². The van der Waals surface area contributed by atoms with Crippen LogP contribution in [0.25, 0.3) is 0 Å². The minimum Gasteiger partial charge on any atom is -0.443 e. The number of ether oxygens (including phenoxy) is 1. The third kappa shape index (κ3) is 4.67. The second-order valence-corrected chi connectivity index (χ2v) is 8.24. The zero-order chi connectivity index (χ0) is 13.9. The van der Waals surface area contributed by atoms with Gasteiger partial charge < -0.3 is 9.26 Å². The fourth-order valence-corrected chi connectivity index (χ4v) is 2.31. The molecule has 5 nitrogen and oxygen atoms in total. The van der Waals surface area contributed by atoms with Crippen molar-refractivity contribution in [2.24, 2.45) is 0 Å². The number of nitrogens with zero attached hydrogens (tertiary/aromatic N) is 1. The van der Waals surface area contributed by atoms with E-state index in [2.05, 4.69) is 0 Å². The summed E-state index contributed by atoms with van der Waals surface area (Å²) < 4.78 is 10.6. The summed E-state index contributed by atoms with van der Waals surface area (Å²) in [5.41, 5.74) is -0.608. The van der Waals surface area contributed by atoms with Crippen LogP contribution in [-0.2, 0) is 25.9 Å². The molecule has 0 N–H and O–H groups in total. The van der Waals surface area contributed by atoms with Crippen LogP contribution < -0.4 is 0 Å². The Bertz CT molecular complexity index is 367. The molecule has 1 unspecified atom stereocenters. The number of hydrogen-bond donors (Lipinski definition) is 0. The Balaban J connectivity index is 2.67. The highest BCUT2D eigenvalue weighted by Gasteiger charge is 2.38. The first kappa shape index (κ1) is 15.6. The summed E-state index contributed by atoms with van der Waals surface area (Å²) in [7, 11) is 0. The number of hydrogen-bond acceptors (Lipinski definition) is 5. The van der Waals surface area contributed by atoms with Crippen molar-refractivity contribution in [3.63, 3.8) is 0 Å². The molecule has 18 heavy (non-hydrogen) atoms. The average Bonchev–Trinajstić information content (AvgIpc) is 2.53. The molecule has 0 saturated carbocycles. The minimum absolute atomic E-state index is 0.202. The molecule has 0 aliphatic carbocycles. The number of likely N-dealkylation sites (tertiary alicyclic amines) is 1. The van der Waals surface area contributed by atoms with Gasteiger partial charge in [0.15, 0.2) is 0 Å². The van der Waals surface area contributed by atoms with Crippen LogP contribution in [0.15, 0.2) is 0 Å². The molecule has 2 atom stereocenters. The van der Waals surface area contributed by atoms with Crippen LogP contribution in [0, 0.1) is 0 Å². The van der Waals surface area contributed by atoms with E-state index in [1.54, 1.807) is 20.8 Å². The van der Waals surface area contributed by atoms with E-state index in [-0.39, 0.29) is 11.9 Å². The molecule has 0 spiro atoms. The molecular formula is C11H20NO4PS. The van der Waals surface area contributed by atoms with Gasteiger partial charge >= 0.3 is 6.09 Å². The Morgan fingerprint density at radius 2 is 2.17 bits per heavy atom. The van der Waals surface area contributed by atoms with E-state index in [0.717, 1.165) is 0 Å². The molecule has 7 heteroatoms. The van der Waals surface area contributed by atoms with E-state index in [1.165, 1.54) is 4.90 Å². The highest BCUT2D eigenvalue weighted by molar-refractivity contribution is 8.02. The zero-order valence-electron chi connectivity index (χ0n) is 11.2. The van der Waals surface area contributed by atoms with Gasteiger partial charge in [0, 0.05) is 6.42 Å². The Morgan fingerprint density at radius 3 is 2.67 bits per heavy atom. The number of carbonyl (C=O) groups excluding carboxylic acids is 2. The van der Waals surface area contributed by atoms with Crippen LogP contribution in [-0.4, -0.2) is 41.8 Å². The first-order chi connectivity index (χ1) is 8.20. The molecule has 1 aliphatic rings. The lowest BCUT2D eigenvalue weighted by Gasteiger charge is -2.27. The standard InChI is InChI=1S/C11H20NO4PS/c1-11(2,3)16-10(14)12-8(5-6-9(12)13)7-15-17(4)18/h8,17H,5-7H2,1-4H3/t8-/m0/s1.